The molecule has 0 aromatic carbocycles. The highest BCUT2D eigenvalue weighted by Crippen LogP contribution is 2.03. The summed E-state index contributed by atoms with van der Waals surface area (Å²) in [6.07, 6.45) is 3.51. The van der Waals surface area contributed by atoms with Gasteiger partial charge in [0.05, 0.1) is 13.7 Å². The third-order valence-corrected chi connectivity index (χ3v) is 1.50. The number of rotatable bonds is 4. The van der Waals surface area contributed by atoms with E-state index >= 15 is 0 Å². The highest BCUT2D eigenvalue weighted by atomic mass is 16.5. The van der Waals surface area contributed by atoms with Gasteiger partial charge in [-0.2, -0.15) is 0 Å². The van der Waals surface area contributed by atoms with Gasteiger partial charge in [-0.25, -0.2) is 4.79 Å². The zero-order valence-electron chi connectivity index (χ0n) is 8.67. The number of methoxy groups -OCH3 is 1. The van der Waals surface area contributed by atoms with Gasteiger partial charge >= 0.3 is 5.97 Å². The van der Waals surface area contributed by atoms with Crippen LogP contribution < -0.4 is 0 Å². The van der Waals surface area contributed by atoms with Crippen LogP contribution in [0.1, 0.15) is 26.2 Å². The van der Waals surface area contributed by atoms with Crippen molar-refractivity contribution in [1.29, 1.82) is 0 Å². The van der Waals surface area contributed by atoms with Crippen LogP contribution in [0, 0.1) is 11.8 Å². The predicted molar refractivity (Wildman–Crippen MR) is 54.5 cm³/mol. The fourth-order valence-electron chi connectivity index (χ4n) is 0.873. The lowest BCUT2D eigenvalue weighted by Gasteiger charge is -1.96. The van der Waals surface area contributed by atoms with Gasteiger partial charge in [-0.3, -0.25) is 0 Å². The zero-order valence-corrected chi connectivity index (χ0v) is 8.67. The average molecular weight is 196 g/mol. The minimum absolute atomic E-state index is 0.0463. The van der Waals surface area contributed by atoms with Crippen molar-refractivity contribution in [2.45, 2.75) is 26.2 Å². The van der Waals surface area contributed by atoms with E-state index in [0.29, 0.717) is 6.42 Å². The molecule has 0 atom stereocenters. The monoisotopic (exact) mass is 196 g/mol. The highest BCUT2D eigenvalue weighted by Gasteiger charge is 1.97. The third-order valence-electron chi connectivity index (χ3n) is 1.50. The van der Waals surface area contributed by atoms with E-state index in [0.717, 1.165) is 18.4 Å². The van der Waals surface area contributed by atoms with Gasteiger partial charge in [0.15, 0.2) is 0 Å². The number of ether oxygens (including phenoxy) is 1. The lowest BCUT2D eigenvalue weighted by atomic mass is 10.1. The molecule has 0 radical (unpaired) electrons. The number of carbonyl (C=O) groups excluding carboxylic acids is 1. The van der Waals surface area contributed by atoms with Crippen LogP contribution in [0.3, 0.4) is 0 Å². The van der Waals surface area contributed by atoms with Crippen LogP contribution in [0.25, 0.3) is 0 Å². The van der Waals surface area contributed by atoms with E-state index < -0.39 is 0 Å². The molecule has 3 nitrogen and oxygen atoms in total. The van der Waals surface area contributed by atoms with Crippen molar-refractivity contribution in [3.05, 3.63) is 11.6 Å². The van der Waals surface area contributed by atoms with Crippen LogP contribution in [-0.2, 0) is 9.53 Å². The minimum Gasteiger partial charge on any atom is -0.466 e. The number of hydrogen-bond donors (Lipinski definition) is 1. The van der Waals surface area contributed by atoms with E-state index in [1.807, 2.05) is 6.92 Å². The molecule has 0 rings (SSSR count). The number of carbonyl (C=O) groups is 1. The van der Waals surface area contributed by atoms with Crippen molar-refractivity contribution in [3.63, 3.8) is 0 Å². The van der Waals surface area contributed by atoms with E-state index in [1.165, 1.54) is 13.2 Å². The topological polar surface area (TPSA) is 46.5 Å². The standard InChI is InChI=1S/C11H16O3/c1-3-6-10(7-4-5-8-12)9-11(13)14-2/h9,12H,3,5-6,8H2,1-2H3/b10-9+. The first-order valence-electron chi connectivity index (χ1n) is 4.62. The molecule has 1 N–H and O–H groups in total. The van der Waals surface area contributed by atoms with E-state index in [2.05, 4.69) is 16.6 Å². The molecule has 0 heterocycles. The van der Waals surface area contributed by atoms with Crippen molar-refractivity contribution < 1.29 is 14.6 Å². The molecular weight excluding hydrogens is 180 g/mol. The summed E-state index contributed by atoms with van der Waals surface area (Å²) in [5, 5.41) is 8.52. The maximum Gasteiger partial charge on any atom is 0.331 e. The smallest absolute Gasteiger partial charge is 0.331 e. The van der Waals surface area contributed by atoms with Crippen LogP contribution in [0.2, 0.25) is 0 Å². The molecule has 0 aromatic rings. The maximum absolute atomic E-state index is 10.9. The Balaban J connectivity index is 4.37. The molecule has 0 aliphatic carbocycles. The summed E-state index contributed by atoms with van der Waals surface area (Å²) in [7, 11) is 1.34. The molecule has 0 bridgehead atoms. The summed E-state index contributed by atoms with van der Waals surface area (Å²) in [6.45, 7) is 2.06. The minimum atomic E-state index is -0.383. The second-order valence-corrected chi connectivity index (χ2v) is 2.72. The lowest BCUT2D eigenvalue weighted by Crippen LogP contribution is -1.96. The van der Waals surface area contributed by atoms with Gasteiger partial charge in [-0.15, -0.1) is 0 Å². The first kappa shape index (κ1) is 12.7. The molecule has 0 saturated carbocycles. The number of aliphatic hydroxyl groups excluding tert-OH is 1. The Bertz CT molecular complexity index is 255. The number of esters is 1. The summed E-state index contributed by atoms with van der Waals surface area (Å²) in [6, 6.07) is 0. The van der Waals surface area contributed by atoms with E-state index in [1.54, 1.807) is 0 Å². The molecule has 0 spiro atoms. The largest absolute Gasteiger partial charge is 0.466 e. The van der Waals surface area contributed by atoms with Gasteiger partial charge in [0.2, 0.25) is 0 Å². The Morgan fingerprint density at radius 2 is 2.29 bits per heavy atom. The summed E-state index contributed by atoms with van der Waals surface area (Å²) in [4.78, 5) is 10.9. The van der Waals surface area contributed by atoms with Crippen LogP contribution in [0.15, 0.2) is 11.6 Å². The number of allylic oxidation sites excluding steroid dienone is 1. The quantitative estimate of drug-likeness (QED) is 0.418. The zero-order chi connectivity index (χ0) is 10.8. The first-order valence-corrected chi connectivity index (χ1v) is 4.62. The molecule has 0 fully saturated rings. The molecule has 0 aromatic heterocycles. The number of hydrogen-bond acceptors (Lipinski definition) is 3. The second-order valence-electron chi connectivity index (χ2n) is 2.72. The second kappa shape index (κ2) is 8.33. The molecule has 0 aliphatic heterocycles. The van der Waals surface area contributed by atoms with Gasteiger partial charge in [0, 0.05) is 18.1 Å². The fraction of sp³-hybridized carbons (Fsp3) is 0.545. The molecule has 3 heteroatoms. The van der Waals surface area contributed by atoms with Crippen molar-refractivity contribution in [1.82, 2.24) is 0 Å². The third kappa shape index (κ3) is 6.27. The van der Waals surface area contributed by atoms with Gasteiger partial charge in [-0.05, 0) is 6.42 Å². The van der Waals surface area contributed by atoms with Crippen molar-refractivity contribution in [2.24, 2.45) is 0 Å². The Kier molecular flexibility index (Phi) is 7.58. The van der Waals surface area contributed by atoms with Crippen LogP contribution in [0.4, 0.5) is 0 Å². The van der Waals surface area contributed by atoms with Crippen molar-refractivity contribution in [2.75, 3.05) is 13.7 Å². The molecule has 0 saturated heterocycles. The normalized spacial score (nSPS) is 10.4. The molecule has 0 unspecified atom stereocenters. The van der Waals surface area contributed by atoms with Crippen LogP contribution >= 0.6 is 0 Å². The summed E-state index contributed by atoms with van der Waals surface area (Å²) in [5.41, 5.74) is 0.757. The summed E-state index contributed by atoms with van der Waals surface area (Å²) in [5.74, 6) is 5.23. The van der Waals surface area contributed by atoms with Gasteiger partial charge < -0.3 is 9.84 Å². The van der Waals surface area contributed by atoms with Crippen molar-refractivity contribution >= 4 is 5.97 Å². The van der Waals surface area contributed by atoms with Crippen molar-refractivity contribution in [3.8, 4) is 11.8 Å². The lowest BCUT2D eigenvalue weighted by molar-refractivity contribution is -0.134. The Labute approximate surface area is 84.8 Å². The Morgan fingerprint density at radius 3 is 2.79 bits per heavy atom. The van der Waals surface area contributed by atoms with E-state index in [9.17, 15) is 4.79 Å². The maximum atomic E-state index is 10.9. The highest BCUT2D eigenvalue weighted by molar-refractivity contribution is 5.83. The van der Waals surface area contributed by atoms with Crippen LogP contribution in [0.5, 0.6) is 0 Å². The summed E-state index contributed by atoms with van der Waals surface area (Å²) < 4.78 is 4.50. The van der Waals surface area contributed by atoms with Gasteiger partial charge in [0.1, 0.15) is 0 Å². The van der Waals surface area contributed by atoms with E-state index in [4.69, 9.17) is 5.11 Å². The molecule has 0 aliphatic rings. The van der Waals surface area contributed by atoms with Gasteiger partial charge in [0.25, 0.3) is 0 Å². The molecule has 78 valence electrons. The van der Waals surface area contributed by atoms with Gasteiger partial charge in [-0.1, -0.05) is 25.2 Å². The Hall–Kier alpha value is -1.27. The molecule has 0 amide bonds. The van der Waals surface area contributed by atoms with Crippen LogP contribution in [-0.4, -0.2) is 24.8 Å². The molecular formula is C11H16O3. The van der Waals surface area contributed by atoms with E-state index in [-0.39, 0.29) is 12.6 Å². The molecule has 14 heavy (non-hydrogen) atoms. The first-order chi connectivity index (χ1) is 6.74. The average Bonchev–Trinajstić information content (AvgIpc) is 2.18. The fourth-order valence-corrected chi connectivity index (χ4v) is 0.873. The SMILES string of the molecule is CCC/C(C#CCCO)=C\C(=O)OC. The summed E-state index contributed by atoms with van der Waals surface area (Å²) >= 11 is 0. The Morgan fingerprint density at radius 1 is 1.57 bits per heavy atom. The predicted octanol–water partition coefficient (Wildman–Crippen LogP) is 1.27. The number of aliphatic hydroxyl groups is 1.